The van der Waals surface area contributed by atoms with Crippen molar-refractivity contribution in [3.63, 3.8) is 0 Å². The fourth-order valence-electron chi connectivity index (χ4n) is 5.00. The smallest absolute Gasteiger partial charge is 0.322 e. The van der Waals surface area contributed by atoms with E-state index in [1.165, 1.54) is 113 Å². The summed E-state index contributed by atoms with van der Waals surface area (Å²) in [6.45, 7) is 4.59. The van der Waals surface area contributed by atoms with Gasteiger partial charge in [0.1, 0.15) is 6.04 Å². The van der Waals surface area contributed by atoms with E-state index in [1.807, 2.05) is 0 Å². The summed E-state index contributed by atoms with van der Waals surface area (Å²) in [6, 6.07) is 17.0. The number of aliphatic hydroxyl groups excluding tert-OH is 1. The monoisotopic (exact) mass is 654 g/mol. The number of aryl methyl sites for hydroxylation is 4. The van der Waals surface area contributed by atoms with Crippen LogP contribution in [-0.4, -0.2) is 36.9 Å². The maximum atomic E-state index is 11.3. The molecule has 2 unspecified atom stereocenters. The first kappa shape index (κ1) is 44.5. The predicted molar refractivity (Wildman–Crippen MR) is 193 cm³/mol. The van der Waals surface area contributed by atoms with Crippen molar-refractivity contribution in [3.8, 4) is 0 Å². The Morgan fingerprint density at radius 1 is 0.614 bits per heavy atom. The van der Waals surface area contributed by atoms with Crippen LogP contribution < -0.4 is 11.5 Å². The molecule has 0 spiro atoms. The van der Waals surface area contributed by atoms with Crippen LogP contribution in [0.4, 0.5) is 0 Å². The second-order valence-corrected chi connectivity index (χ2v) is 11.8. The Balaban J connectivity index is 0. The number of carbonyl (C=O) groups excluding carboxylic acids is 1. The third-order valence-corrected chi connectivity index (χ3v) is 7.97. The number of esters is 1. The maximum absolute atomic E-state index is 11.3. The van der Waals surface area contributed by atoms with E-state index in [0.29, 0.717) is 6.42 Å². The zero-order chi connectivity index (χ0) is 30.8. The standard InChI is InChI=1S/C19H31NO2.C18H31NO.2ClH/c1-3-4-5-6-7-8-9-16-10-12-17(13-11-16)14-15-18(20)19(21)22-2;1-2-3-4-5-6-7-8-16-9-11-17(12-10-16)13-14-18(19)15-20;;/h10-13,18H,3-9,14-15,20H2,1-2H3;9-12,18,20H,2-8,13-15,19H2,1H3;2*1H. The van der Waals surface area contributed by atoms with Gasteiger partial charge in [-0.25, -0.2) is 0 Å². The summed E-state index contributed by atoms with van der Waals surface area (Å²) < 4.78 is 4.63. The van der Waals surface area contributed by atoms with E-state index in [9.17, 15) is 4.79 Å². The molecule has 0 saturated heterocycles. The number of ether oxygens (including phenoxy) is 1. The van der Waals surface area contributed by atoms with Gasteiger partial charge in [-0.2, -0.15) is 0 Å². The van der Waals surface area contributed by atoms with Crippen LogP contribution in [0.15, 0.2) is 48.5 Å². The molecule has 0 amide bonds. The predicted octanol–water partition coefficient (Wildman–Crippen LogP) is 8.71. The highest BCUT2D eigenvalue weighted by molar-refractivity contribution is 5.85. The van der Waals surface area contributed by atoms with Crippen molar-refractivity contribution < 1.29 is 14.6 Å². The molecule has 5 N–H and O–H groups in total. The zero-order valence-corrected chi connectivity index (χ0v) is 29.6. The molecule has 5 nitrogen and oxygen atoms in total. The van der Waals surface area contributed by atoms with E-state index in [0.717, 1.165) is 25.7 Å². The molecule has 0 radical (unpaired) electrons. The van der Waals surface area contributed by atoms with E-state index in [1.54, 1.807) is 0 Å². The van der Waals surface area contributed by atoms with E-state index >= 15 is 0 Å². The molecule has 2 rings (SSSR count). The Morgan fingerprint density at radius 3 is 1.32 bits per heavy atom. The van der Waals surface area contributed by atoms with Gasteiger partial charge in [-0.3, -0.25) is 4.79 Å². The number of benzene rings is 2. The first-order valence-electron chi connectivity index (χ1n) is 16.8. The minimum atomic E-state index is -0.521. The van der Waals surface area contributed by atoms with Crippen molar-refractivity contribution in [2.24, 2.45) is 11.5 Å². The van der Waals surface area contributed by atoms with Gasteiger partial charge in [-0.05, 0) is 73.6 Å². The summed E-state index contributed by atoms with van der Waals surface area (Å²) >= 11 is 0. The van der Waals surface area contributed by atoms with Crippen LogP contribution in [-0.2, 0) is 35.2 Å². The first-order chi connectivity index (χ1) is 20.4. The largest absolute Gasteiger partial charge is 0.468 e. The van der Waals surface area contributed by atoms with Crippen LogP contribution in [0.2, 0.25) is 0 Å². The van der Waals surface area contributed by atoms with Gasteiger partial charge in [-0.1, -0.05) is 127 Å². The lowest BCUT2D eigenvalue weighted by Gasteiger charge is -2.09. The van der Waals surface area contributed by atoms with Gasteiger partial charge in [0.2, 0.25) is 0 Å². The molecule has 7 heteroatoms. The van der Waals surface area contributed by atoms with E-state index < -0.39 is 6.04 Å². The summed E-state index contributed by atoms with van der Waals surface area (Å²) in [5, 5.41) is 8.91. The minimum Gasteiger partial charge on any atom is -0.468 e. The summed E-state index contributed by atoms with van der Waals surface area (Å²) in [7, 11) is 1.37. The fraction of sp³-hybridized carbons (Fsp3) is 0.649. The van der Waals surface area contributed by atoms with Crippen molar-refractivity contribution in [2.45, 2.75) is 142 Å². The molecule has 2 atom stereocenters. The molecule has 2 aromatic rings. The second-order valence-electron chi connectivity index (χ2n) is 11.8. The van der Waals surface area contributed by atoms with Gasteiger partial charge in [0.15, 0.2) is 0 Å². The Hall–Kier alpha value is -1.63. The fourth-order valence-corrected chi connectivity index (χ4v) is 5.00. The average molecular weight is 656 g/mol. The molecule has 254 valence electrons. The summed E-state index contributed by atoms with van der Waals surface area (Å²) in [4.78, 5) is 11.3. The van der Waals surface area contributed by atoms with Crippen LogP contribution in [0.1, 0.15) is 126 Å². The Bertz CT molecular complexity index is 910. The van der Waals surface area contributed by atoms with Gasteiger partial charge in [-0.15, -0.1) is 24.8 Å². The van der Waals surface area contributed by atoms with Gasteiger partial charge in [0.05, 0.1) is 13.7 Å². The number of unbranched alkanes of at least 4 members (excludes halogenated alkanes) is 10. The number of rotatable bonds is 22. The Labute approximate surface area is 282 Å². The summed E-state index contributed by atoms with van der Waals surface area (Å²) in [6.07, 6.45) is 21.7. The van der Waals surface area contributed by atoms with Crippen molar-refractivity contribution in [1.29, 1.82) is 0 Å². The van der Waals surface area contributed by atoms with Crippen LogP contribution in [0, 0.1) is 0 Å². The van der Waals surface area contributed by atoms with Crippen LogP contribution in [0.25, 0.3) is 0 Å². The topological polar surface area (TPSA) is 98.6 Å². The molecule has 2 aromatic carbocycles. The van der Waals surface area contributed by atoms with Crippen molar-refractivity contribution in [1.82, 2.24) is 0 Å². The molecule has 44 heavy (non-hydrogen) atoms. The molecular weight excluding hydrogens is 591 g/mol. The van der Waals surface area contributed by atoms with Crippen LogP contribution in [0.3, 0.4) is 0 Å². The number of halogens is 2. The highest BCUT2D eigenvalue weighted by atomic mass is 35.5. The highest BCUT2D eigenvalue weighted by Gasteiger charge is 2.13. The van der Waals surface area contributed by atoms with E-state index in [2.05, 4.69) is 67.1 Å². The van der Waals surface area contributed by atoms with Gasteiger partial charge < -0.3 is 21.3 Å². The lowest BCUT2D eigenvalue weighted by Crippen LogP contribution is -2.31. The molecular formula is C37H64Cl2N2O3. The van der Waals surface area contributed by atoms with Crippen LogP contribution in [0.5, 0.6) is 0 Å². The van der Waals surface area contributed by atoms with Gasteiger partial charge >= 0.3 is 5.97 Å². The molecule has 0 aliphatic heterocycles. The number of nitrogens with two attached hydrogens (primary N) is 2. The lowest BCUT2D eigenvalue weighted by molar-refractivity contribution is -0.142. The SMILES string of the molecule is CCCCCCCCc1ccc(CCC(N)C(=O)OC)cc1.CCCCCCCCc1ccc(CCC(N)CO)cc1.Cl.Cl. The highest BCUT2D eigenvalue weighted by Crippen LogP contribution is 2.14. The second kappa shape index (κ2) is 30.0. The third-order valence-electron chi connectivity index (χ3n) is 7.97. The quantitative estimate of drug-likeness (QED) is 0.0871. The molecule has 0 aromatic heterocycles. The van der Waals surface area contributed by atoms with Crippen molar-refractivity contribution in [3.05, 3.63) is 70.8 Å². The maximum Gasteiger partial charge on any atom is 0.322 e. The molecule has 0 aliphatic carbocycles. The Kier molecular flexibility index (Phi) is 30.4. The summed E-state index contributed by atoms with van der Waals surface area (Å²) in [5.41, 5.74) is 16.9. The number of carbonyl (C=O) groups is 1. The van der Waals surface area contributed by atoms with E-state index in [-0.39, 0.29) is 43.4 Å². The zero-order valence-electron chi connectivity index (χ0n) is 27.9. The van der Waals surface area contributed by atoms with Gasteiger partial charge in [0, 0.05) is 6.04 Å². The molecule has 0 saturated carbocycles. The van der Waals surface area contributed by atoms with Crippen LogP contribution >= 0.6 is 24.8 Å². The number of hydrogen-bond acceptors (Lipinski definition) is 5. The Morgan fingerprint density at radius 2 is 0.955 bits per heavy atom. The average Bonchev–Trinajstić information content (AvgIpc) is 3.03. The first-order valence-corrected chi connectivity index (χ1v) is 16.8. The van der Waals surface area contributed by atoms with Crippen molar-refractivity contribution in [2.75, 3.05) is 13.7 Å². The molecule has 0 bridgehead atoms. The minimum absolute atomic E-state index is 0. The summed E-state index contributed by atoms with van der Waals surface area (Å²) in [5.74, 6) is -0.334. The van der Waals surface area contributed by atoms with Gasteiger partial charge in [0.25, 0.3) is 0 Å². The number of hydrogen-bond donors (Lipinski definition) is 3. The van der Waals surface area contributed by atoms with E-state index in [4.69, 9.17) is 16.6 Å². The number of aliphatic hydroxyl groups is 1. The third kappa shape index (κ3) is 22.8. The number of methoxy groups -OCH3 is 1. The lowest BCUT2D eigenvalue weighted by atomic mass is 10.0. The molecule has 0 aliphatic rings. The molecule has 0 fully saturated rings. The van der Waals surface area contributed by atoms with Crippen molar-refractivity contribution >= 4 is 30.8 Å². The molecule has 0 heterocycles. The normalized spacial score (nSPS) is 11.8.